The Bertz CT molecular complexity index is 1050. The Balaban J connectivity index is 1.67. The molecule has 0 N–H and O–H groups in total. The first-order valence-electron chi connectivity index (χ1n) is 8.62. The fourth-order valence-electron chi connectivity index (χ4n) is 3.12. The van der Waals surface area contributed by atoms with Gasteiger partial charge in [-0.1, -0.05) is 59.6 Å². The van der Waals surface area contributed by atoms with Crippen molar-refractivity contribution in [1.29, 1.82) is 0 Å². The topological polar surface area (TPSA) is 27.1 Å². The lowest BCUT2D eigenvalue weighted by Crippen LogP contribution is -2.09. The van der Waals surface area contributed by atoms with Crippen LogP contribution < -0.4 is 4.74 Å². The van der Waals surface area contributed by atoms with Crippen LogP contribution in [0.4, 0.5) is 0 Å². The summed E-state index contributed by atoms with van der Waals surface area (Å²) in [6.45, 7) is 3.30. The van der Waals surface area contributed by atoms with Crippen molar-refractivity contribution < 1.29 is 4.74 Å². The minimum Gasteiger partial charge on any atom is -0.490 e. The van der Waals surface area contributed by atoms with Crippen molar-refractivity contribution in [3.05, 3.63) is 83.4 Å². The van der Waals surface area contributed by atoms with Gasteiger partial charge in [0.2, 0.25) is 0 Å². The zero-order valence-corrected chi connectivity index (χ0v) is 15.3. The highest BCUT2D eigenvalue weighted by molar-refractivity contribution is 6.32. The van der Waals surface area contributed by atoms with Crippen LogP contribution in [0.2, 0.25) is 5.02 Å². The molecular weight excluding hydrogens is 344 g/mol. The third kappa shape index (κ3) is 3.31. The highest BCUT2D eigenvalue weighted by Crippen LogP contribution is 2.26. The summed E-state index contributed by atoms with van der Waals surface area (Å²) >= 11 is 6.18. The molecule has 4 heteroatoms. The second-order valence-electron chi connectivity index (χ2n) is 6.22. The number of hydrogen-bond donors (Lipinski definition) is 0. The summed E-state index contributed by atoms with van der Waals surface area (Å²) in [4.78, 5) is 4.85. The van der Waals surface area contributed by atoms with Crippen LogP contribution >= 0.6 is 11.6 Å². The van der Waals surface area contributed by atoms with E-state index in [4.69, 9.17) is 21.3 Å². The highest BCUT2D eigenvalue weighted by atomic mass is 35.5. The maximum absolute atomic E-state index is 6.18. The van der Waals surface area contributed by atoms with Gasteiger partial charge in [-0.25, -0.2) is 4.98 Å². The van der Waals surface area contributed by atoms with Crippen molar-refractivity contribution in [3.63, 3.8) is 0 Å². The standard InChI is InChI=1S/C22H19ClN2O/c1-16-7-6-8-17(15-16)22-24-19-10-3-4-11-20(19)25(22)13-14-26-21-12-5-2-9-18(21)23/h2-12,15H,13-14H2,1H3. The highest BCUT2D eigenvalue weighted by Gasteiger charge is 2.12. The molecule has 4 rings (SSSR count). The van der Waals surface area contributed by atoms with E-state index in [0.717, 1.165) is 22.4 Å². The molecule has 0 unspecified atom stereocenters. The molecule has 0 bridgehead atoms. The summed E-state index contributed by atoms with van der Waals surface area (Å²) < 4.78 is 8.10. The molecule has 0 aliphatic carbocycles. The molecule has 0 spiro atoms. The van der Waals surface area contributed by atoms with Crippen LogP contribution in [0.25, 0.3) is 22.4 Å². The number of nitrogens with zero attached hydrogens (tertiary/aromatic N) is 2. The van der Waals surface area contributed by atoms with Gasteiger partial charge in [-0.3, -0.25) is 0 Å². The van der Waals surface area contributed by atoms with Crippen molar-refractivity contribution in [3.8, 4) is 17.1 Å². The largest absolute Gasteiger partial charge is 0.490 e. The van der Waals surface area contributed by atoms with Gasteiger partial charge in [0.25, 0.3) is 0 Å². The van der Waals surface area contributed by atoms with E-state index in [-0.39, 0.29) is 0 Å². The minimum atomic E-state index is 0.517. The third-order valence-electron chi connectivity index (χ3n) is 4.34. The predicted octanol–water partition coefficient (Wildman–Crippen LogP) is 5.74. The van der Waals surface area contributed by atoms with E-state index in [9.17, 15) is 0 Å². The van der Waals surface area contributed by atoms with Crippen LogP contribution in [0.3, 0.4) is 0 Å². The number of hydrogen-bond acceptors (Lipinski definition) is 2. The van der Waals surface area contributed by atoms with E-state index in [1.165, 1.54) is 5.56 Å². The van der Waals surface area contributed by atoms with E-state index in [1.807, 2.05) is 42.5 Å². The summed E-state index contributed by atoms with van der Waals surface area (Å²) in [5.41, 5.74) is 4.42. The maximum atomic E-state index is 6.18. The van der Waals surface area contributed by atoms with Crippen molar-refractivity contribution in [1.82, 2.24) is 9.55 Å². The van der Waals surface area contributed by atoms with Crippen LogP contribution in [0.5, 0.6) is 5.75 Å². The number of para-hydroxylation sites is 3. The molecule has 0 aliphatic heterocycles. The van der Waals surface area contributed by atoms with Gasteiger partial charge in [0.1, 0.15) is 18.2 Å². The molecule has 0 atom stereocenters. The Morgan fingerprint density at radius 2 is 1.77 bits per heavy atom. The smallest absolute Gasteiger partial charge is 0.141 e. The van der Waals surface area contributed by atoms with Gasteiger partial charge in [0.05, 0.1) is 22.6 Å². The average molecular weight is 363 g/mol. The molecule has 0 aliphatic rings. The van der Waals surface area contributed by atoms with Gasteiger partial charge in [0.15, 0.2) is 0 Å². The zero-order valence-electron chi connectivity index (χ0n) is 14.5. The molecule has 0 fully saturated rings. The molecular formula is C22H19ClN2O. The molecule has 4 aromatic rings. The Kier molecular flexibility index (Phi) is 4.63. The first kappa shape index (κ1) is 16.7. The van der Waals surface area contributed by atoms with Gasteiger partial charge in [-0.15, -0.1) is 0 Å². The second-order valence-corrected chi connectivity index (χ2v) is 6.63. The zero-order chi connectivity index (χ0) is 17.9. The first-order chi connectivity index (χ1) is 12.7. The molecule has 0 amide bonds. The molecule has 0 radical (unpaired) electrons. The van der Waals surface area contributed by atoms with Gasteiger partial charge < -0.3 is 9.30 Å². The minimum absolute atomic E-state index is 0.517. The number of aryl methyl sites for hydroxylation is 1. The van der Waals surface area contributed by atoms with Gasteiger partial charge in [-0.2, -0.15) is 0 Å². The molecule has 1 heterocycles. The van der Waals surface area contributed by atoms with E-state index in [1.54, 1.807) is 0 Å². The van der Waals surface area contributed by atoms with Crippen LogP contribution in [0.15, 0.2) is 72.8 Å². The lowest BCUT2D eigenvalue weighted by molar-refractivity contribution is 0.301. The van der Waals surface area contributed by atoms with Crippen molar-refractivity contribution >= 4 is 22.6 Å². The summed E-state index contributed by atoms with van der Waals surface area (Å²) in [7, 11) is 0. The Morgan fingerprint density at radius 1 is 0.962 bits per heavy atom. The molecule has 3 aromatic carbocycles. The number of ether oxygens (including phenoxy) is 1. The SMILES string of the molecule is Cc1cccc(-c2nc3ccccc3n2CCOc2ccccc2Cl)c1. The number of rotatable bonds is 5. The number of fused-ring (bicyclic) bond motifs is 1. The lowest BCUT2D eigenvalue weighted by atomic mass is 10.1. The first-order valence-corrected chi connectivity index (χ1v) is 9.00. The summed E-state index contributed by atoms with van der Waals surface area (Å²) in [6, 6.07) is 24.1. The molecule has 26 heavy (non-hydrogen) atoms. The van der Waals surface area contributed by atoms with E-state index < -0.39 is 0 Å². The summed E-state index contributed by atoms with van der Waals surface area (Å²) in [5.74, 6) is 1.66. The van der Waals surface area contributed by atoms with Gasteiger partial charge in [0, 0.05) is 5.56 Å². The fraction of sp³-hybridized carbons (Fsp3) is 0.136. The number of halogens is 1. The molecule has 0 saturated heterocycles. The van der Waals surface area contributed by atoms with Crippen molar-refractivity contribution in [2.45, 2.75) is 13.5 Å². The number of benzene rings is 3. The van der Waals surface area contributed by atoms with E-state index >= 15 is 0 Å². The molecule has 3 nitrogen and oxygen atoms in total. The number of imidazole rings is 1. The van der Waals surface area contributed by atoms with Crippen LogP contribution in [0, 0.1) is 6.92 Å². The normalized spacial score (nSPS) is 11.0. The molecule has 1 aromatic heterocycles. The lowest BCUT2D eigenvalue weighted by Gasteiger charge is -2.12. The second kappa shape index (κ2) is 7.22. The van der Waals surface area contributed by atoms with Gasteiger partial charge >= 0.3 is 0 Å². The molecule has 130 valence electrons. The van der Waals surface area contributed by atoms with E-state index in [2.05, 4.69) is 41.8 Å². The van der Waals surface area contributed by atoms with Crippen molar-refractivity contribution in [2.24, 2.45) is 0 Å². The quantitative estimate of drug-likeness (QED) is 0.452. The average Bonchev–Trinajstić information content (AvgIpc) is 3.02. The molecule has 0 saturated carbocycles. The maximum Gasteiger partial charge on any atom is 0.141 e. The van der Waals surface area contributed by atoms with Crippen LogP contribution in [-0.4, -0.2) is 16.2 Å². The Labute approximate surface area is 157 Å². The predicted molar refractivity (Wildman–Crippen MR) is 107 cm³/mol. The fourth-order valence-corrected chi connectivity index (χ4v) is 3.31. The Morgan fingerprint density at radius 3 is 2.62 bits per heavy atom. The monoisotopic (exact) mass is 362 g/mol. The summed E-state index contributed by atoms with van der Waals surface area (Å²) in [5, 5.41) is 0.627. The third-order valence-corrected chi connectivity index (χ3v) is 4.65. The van der Waals surface area contributed by atoms with Gasteiger partial charge in [-0.05, 0) is 37.3 Å². The van der Waals surface area contributed by atoms with E-state index in [0.29, 0.717) is 23.9 Å². The Hall–Kier alpha value is -2.78. The summed E-state index contributed by atoms with van der Waals surface area (Å²) in [6.07, 6.45) is 0. The van der Waals surface area contributed by atoms with Crippen LogP contribution in [0.1, 0.15) is 5.56 Å². The van der Waals surface area contributed by atoms with Crippen molar-refractivity contribution in [2.75, 3.05) is 6.61 Å². The number of aromatic nitrogens is 2. The van der Waals surface area contributed by atoms with Crippen LogP contribution in [-0.2, 0) is 6.54 Å².